The molecule has 0 bridgehead atoms. The molecule has 0 heterocycles. The van der Waals surface area contributed by atoms with Crippen LogP contribution in [-0.2, 0) is 4.79 Å². The van der Waals surface area contributed by atoms with Crippen LogP contribution in [0.2, 0.25) is 0 Å². The van der Waals surface area contributed by atoms with Crippen molar-refractivity contribution in [2.75, 3.05) is 6.54 Å². The average Bonchev–Trinajstić information content (AvgIpc) is 2.28. The fourth-order valence-electron chi connectivity index (χ4n) is 1.61. The Hall–Kier alpha value is -2.29. The number of allylic oxidation sites excluding steroid dienone is 2. The van der Waals surface area contributed by atoms with Gasteiger partial charge in [0.2, 0.25) is 0 Å². The van der Waals surface area contributed by atoms with Crippen LogP contribution in [0.25, 0.3) is 0 Å². The SMILES string of the molecule is O=C(O)CCNC1([N+](=O)[O-])C=CC=CC1[N+](=O)[O-]. The van der Waals surface area contributed by atoms with E-state index in [2.05, 4.69) is 5.32 Å². The molecular formula is C9H11N3O6. The van der Waals surface area contributed by atoms with E-state index >= 15 is 0 Å². The van der Waals surface area contributed by atoms with Crippen molar-refractivity contribution in [1.29, 1.82) is 0 Å². The third-order valence-corrected chi connectivity index (χ3v) is 2.48. The average molecular weight is 257 g/mol. The van der Waals surface area contributed by atoms with Gasteiger partial charge in [-0.3, -0.25) is 25.0 Å². The van der Waals surface area contributed by atoms with Crippen molar-refractivity contribution in [3.8, 4) is 0 Å². The standard InChI is InChI=1S/C9H11N3O6/c13-8(14)4-6-10-9(12(17)18)5-2-1-3-7(9)11(15)16/h1-3,5,7,10H,4,6H2,(H,13,14). The fraction of sp³-hybridized carbons (Fsp3) is 0.444. The maximum atomic E-state index is 11.1. The van der Waals surface area contributed by atoms with Gasteiger partial charge in [0.15, 0.2) is 0 Å². The van der Waals surface area contributed by atoms with Gasteiger partial charge in [-0.25, -0.2) is 5.32 Å². The van der Waals surface area contributed by atoms with E-state index in [-0.39, 0.29) is 13.0 Å². The van der Waals surface area contributed by atoms with Gasteiger partial charge in [0.1, 0.15) is 0 Å². The lowest BCUT2D eigenvalue weighted by molar-refractivity contribution is -0.640. The second-order valence-electron chi connectivity index (χ2n) is 3.63. The number of carboxylic acid groups (broad SMARTS) is 1. The number of nitrogens with one attached hydrogen (secondary N) is 1. The van der Waals surface area contributed by atoms with Gasteiger partial charge in [-0.1, -0.05) is 12.2 Å². The number of rotatable bonds is 6. The minimum atomic E-state index is -2.10. The summed E-state index contributed by atoms with van der Waals surface area (Å²) in [6.45, 7) is -0.237. The van der Waals surface area contributed by atoms with Crippen molar-refractivity contribution in [3.63, 3.8) is 0 Å². The van der Waals surface area contributed by atoms with E-state index in [0.29, 0.717) is 0 Å². The number of hydrogen-bond donors (Lipinski definition) is 2. The monoisotopic (exact) mass is 257 g/mol. The Labute approximate surface area is 101 Å². The molecular weight excluding hydrogens is 246 g/mol. The number of aliphatic carboxylic acids is 1. The molecule has 0 saturated carbocycles. The van der Waals surface area contributed by atoms with Crippen LogP contribution in [0, 0.1) is 20.2 Å². The molecule has 0 amide bonds. The maximum absolute atomic E-state index is 11.1. The van der Waals surface area contributed by atoms with Crippen molar-refractivity contribution in [2.24, 2.45) is 0 Å². The lowest BCUT2D eigenvalue weighted by Gasteiger charge is -2.25. The summed E-state index contributed by atoms with van der Waals surface area (Å²) in [5.41, 5.74) is -2.10. The summed E-state index contributed by atoms with van der Waals surface area (Å²) in [5, 5.41) is 32.7. The first kappa shape index (κ1) is 13.8. The Morgan fingerprint density at radius 3 is 2.56 bits per heavy atom. The van der Waals surface area contributed by atoms with Gasteiger partial charge in [-0.15, -0.1) is 0 Å². The molecule has 0 saturated heterocycles. The molecule has 0 spiro atoms. The van der Waals surface area contributed by atoms with Gasteiger partial charge < -0.3 is 5.11 Å². The molecule has 1 aliphatic carbocycles. The number of nitrogens with zero attached hydrogens (tertiary/aromatic N) is 2. The predicted octanol–water partition coefficient (Wildman–Crippen LogP) is -0.205. The van der Waals surface area contributed by atoms with Crippen LogP contribution in [-0.4, -0.2) is 39.2 Å². The van der Waals surface area contributed by atoms with Crippen molar-refractivity contribution in [1.82, 2.24) is 5.32 Å². The molecule has 18 heavy (non-hydrogen) atoms. The summed E-state index contributed by atoms with van der Waals surface area (Å²) in [5.74, 6) is -1.14. The Bertz CT molecular complexity index is 432. The summed E-state index contributed by atoms with van der Waals surface area (Å²) in [6, 6.07) is -1.58. The Morgan fingerprint density at radius 1 is 1.39 bits per heavy atom. The zero-order valence-electron chi connectivity index (χ0n) is 9.18. The van der Waals surface area contributed by atoms with Crippen LogP contribution in [0.15, 0.2) is 24.3 Å². The molecule has 9 nitrogen and oxygen atoms in total. The molecule has 2 N–H and O–H groups in total. The Morgan fingerprint density at radius 2 is 2.06 bits per heavy atom. The zero-order chi connectivity index (χ0) is 13.8. The minimum Gasteiger partial charge on any atom is -0.481 e. The lowest BCUT2D eigenvalue weighted by atomic mass is 9.96. The van der Waals surface area contributed by atoms with Gasteiger partial charge in [0, 0.05) is 17.5 Å². The van der Waals surface area contributed by atoms with Crippen LogP contribution in [0.4, 0.5) is 0 Å². The van der Waals surface area contributed by atoms with E-state index in [4.69, 9.17) is 5.11 Å². The summed E-state index contributed by atoms with van der Waals surface area (Å²) in [4.78, 5) is 30.7. The maximum Gasteiger partial charge on any atom is 0.364 e. The first-order valence-electron chi connectivity index (χ1n) is 5.01. The van der Waals surface area contributed by atoms with E-state index < -0.39 is 27.5 Å². The van der Waals surface area contributed by atoms with Gasteiger partial charge in [0.05, 0.1) is 11.3 Å². The number of nitro groups is 2. The predicted molar refractivity (Wildman–Crippen MR) is 59.0 cm³/mol. The highest BCUT2D eigenvalue weighted by Crippen LogP contribution is 2.21. The lowest BCUT2D eigenvalue weighted by Crippen LogP contribution is -2.61. The molecule has 0 aromatic rings. The second-order valence-corrected chi connectivity index (χ2v) is 3.63. The van der Waals surface area contributed by atoms with Crippen LogP contribution < -0.4 is 5.32 Å². The zero-order valence-corrected chi connectivity index (χ0v) is 9.18. The normalized spacial score (nSPS) is 25.9. The highest BCUT2D eigenvalue weighted by Gasteiger charge is 2.55. The molecule has 0 aromatic carbocycles. The number of carbonyl (C=O) groups is 1. The molecule has 98 valence electrons. The molecule has 0 aromatic heterocycles. The Kier molecular flexibility index (Phi) is 4.10. The summed E-state index contributed by atoms with van der Waals surface area (Å²) < 4.78 is 0. The van der Waals surface area contributed by atoms with Crippen LogP contribution in [0.1, 0.15) is 6.42 Å². The molecule has 2 atom stereocenters. The smallest absolute Gasteiger partial charge is 0.364 e. The molecule has 0 radical (unpaired) electrons. The molecule has 9 heteroatoms. The van der Waals surface area contributed by atoms with Crippen molar-refractivity contribution in [3.05, 3.63) is 44.5 Å². The minimum absolute atomic E-state index is 0.237. The van der Waals surface area contributed by atoms with Gasteiger partial charge in [-0.05, 0) is 6.08 Å². The van der Waals surface area contributed by atoms with Crippen molar-refractivity contribution < 1.29 is 19.7 Å². The highest BCUT2D eigenvalue weighted by atomic mass is 16.6. The third-order valence-electron chi connectivity index (χ3n) is 2.48. The van der Waals surface area contributed by atoms with Crippen molar-refractivity contribution >= 4 is 5.97 Å². The third kappa shape index (κ3) is 2.69. The van der Waals surface area contributed by atoms with Crippen LogP contribution >= 0.6 is 0 Å². The molecule has 0 fully saturated rings. The van der Waals surface area contributed by atoms with E-state index in [0.717, 1.165) is 12.2 Å². The highest BCUT2D eigenvalue weighted by molar-refractivity contribution is 5.66. The summed E-state index contributed by atoms with van der Waals surface area (Å²) in [7, 11) is 0. The van der Waals surface area contributed by atoms with E-state index in [1.807, 2.05) is 0 Å². The number of hydrogen-bond acceptors (Lipinski definition) is 6. The van der Waals surface area contributed by atoms with E-state index in [1.165, 1.54) is 12.2 Å². The second kappa shape index (κ2) is 5.36. The van der Waals surface area contributed by atoms with Gasteiger partial charge in [0.25, 0.3) is 0 Å². The first-order valence-corrected chi connectivity index (χ1v) is 5.01. The molecule has 2 unspecified atom stereocenters. The topological polar surface area (TPSA) is 136 Å². The summed E-state index contributed by atoms with van der Waals surface area (Å²) >= 11 is 0. The van der Waals surface area contributed by atoms with Crippen molar-refractivity contribution in [2.45, 2.75) is 18.1 Å². The summed E-state index contributed by atoms with van der Waals surface area (Å²) in [6.07, 6.45) is 4.45. The van der Waals surface area contributed by atoms with Crippen LogP contribution in [0.5, 0.6) is 0 Å². The quantitative estimate of drug-likeness (QED) is 0.381. The van der Waals surface area contributed by atoms with Gasteiger partial charge >= 0.3 is 17.7 Å². The number of carboxylic acids is 1. The fourth-order valence-corrected chi connectivity index (χ4v) is 1.61. The van der Waals surface area contributed by atoms with E-state index in [1.54, 1.807) is 0 Å². The molecule has 1 rings (SSSR count). The van der Waals surface area contributed by atoms with Gasteiger partial charge in [-0.2, -0.15) is 0 Å². The van der Waals surface area contributed by atoms with Crippen LogP contribution in [0.3, 0.4) is 0 Å². The molecule has 0 aliphatic heterocycles. The largest absolute Gasteiger partial charge is 0.481 e. The Balaban J connectivity index is 2.94. The van der Waals surface area contributed by atoms with E-state index in [9.17, 15) is 25.0 Å². The molecule has 1 aliphatic rings. The first-order chi connectivity index (χ1) is 8.40.